The minimum atomic E-state index is -0.982. The van der Waals surface area contributed by atoms with Crippen molar-refractivity contribution in [2.75, 3.05) is 11.4 Å². The van der Waals surface area contributed by atoms with Crippen molar-refractivity contribution in [3.63, 3.8) is 0 Å². The Morgan fingerprint density at radius 2 is 2.05 bits per heavy atom. The van der Waals surface area contributed by atoms with Crippen LogP contribution in [0.4, 0.5) is 10.1 Å². The Balaban J connectivity index is 2.84. The van der Waals surface area contributed by atoms with Gasteiger partial charge in [-0.3, -0.25) is 9.59 Å². The number of nitrogens with zero attached hydrogens (tertiary/aromatic N) is 1. The number of amides is 1. The second-order valence-electron chi connectivity index (χ2n) is 4.27. The van der Waals surface area contributed by atoms with Crippen molar-refractivity contribution in [2.24, 2.45) is 0 Å². The lowest BCUT2D eigenvalue weighted by atomic mass is 10.2. The minimum Gasteiger partial charge on any atom is -0.481 e. The molecule has 0 saturated carbocycles. The van der Waals surface area contributed by atoms with Crippen LogP contribution < -0.4 is 4.90 Å². The molecule has 19 heavy (non-hydrogen) atoms. The topological polar surface area (TPSA) is 57.6 Å². The van der Waals surface area contributed by atoms with Crippen molar-refractivity contribution < 1.29 is 19.1 Å². The van der Waals surface area contributed by atoms with Gasteiger partial charge in [-0.05, 0) is 24.6 Å². The number of anilines is 1. The Labute approximate surface area is 111 Å². The van der Waals surface area contributed by atoms with Gasteiger partial charge in [-0.1, -0.05) is 19.4 Å². The number of carboxylic acid groups (broad SMARTS) is 1. The summed E-state index contributed by atoms with van der Waals surface area (Å²) in [5.74, 6) is -1.60. The summed E-state index contributed by atoms with van der Waals surface area (Å²) in [5.41, 5.74) is 0.405. The summed E-state index contributed by atoms with van der Waals surface area (Å²) in [4.78, 5) is 24.0. The molecule has 4 nitrogen and oxygen atoms in total. The monoisotopic (exact) mass is 267 g/mol. The number of halogens is 1. The summed E-state index contributed by atoms with van der Waals surface area (Å²) in [6.45, 7) is 2.03. The first-order valence-corrected chi connectivity index (χ1v) is 6.32. The van der Waals surface area contributed by atoms with Gasteiger partial charge in [-0.2, -0.15) is 0 Å². The van der Waals surface area contributed by atoms with Gasteiger partial charge >= 0.3 is 5.97 Å². The highest BCUT2D eigenvalue weighted by molar-refractivity contribution is 5.93. The Kier molecular flexibility index (Phi) is 5.99. The zero-order valence-corrected chi connectivity index (χ0v) is 10.9. The zero-order chi connectivity index (χ0) is 14.3. The fourth-order valence-electron chi connectivity index (χ4n) is 1.71. The van der Waals surface area contributed by atoms with Gasteiger partial charge in [-0.15, -0.1) is 0 Å². The predicted molar refractivity (Wildman–Crippen MR) is 70.5 cm³/mol. The Hall–Kier alpha value is -1.91. The van der Waals surface area contributed by atoms with E-state index in [1.165, 1.54) is 23.1 Å². The van der Waals surface area contributed by atoms with E-state index in [1.54, 1.807) is 6.07 Å². The number of hydrogen-bond donors (Lipinski definition) is 1. The normalized spacial score (nSPS) is 10.2. The first-order chi connectivity index (χ1) is 9.04. The Morgan fingerprint density at radius 1 is 1.32 bits per heavy atom. The average Bonchev–Trinajstić information content (AvgIpc) is 2.36. The summed E-state index contributed by atoms with van der Waals surface area (Å²) in [5, 5.41) is 8.71. The number of hydrogen-bond acceptors (Lipinski definition) is 2. The number of rotatable bonds is 7. The van der Waals surface area contributed by atoms with Crippen molar-refractivity contribution >= 4 is 17.6 Å². The van der Waals surface area contributed by atoms with Crippen molar-refractivity contribution in [3.8, 4) is 0 Å². The molecule has 0 aliphatic carbocycles. The molecule has 0 spiro atoms. The van der Waals surface area contributed by atoms with Crippen LogP contribution in [-0.4, -0.2) is 23.5 Å². The van der Waals surface area contributed by atoms with E-state index < -0.39 is 11.8 Å². The summed E-state index contributed by atoms with van der Waals surface area (Å²) in [6.07, 6.45) is 1.79. The predicted octanol–water partition coefficient (Wildman–Crippen LogP) is 2.82. The van der Waals surface area contributed by atoms with Crippen LogP contribution in [0.5, 0.6) is 0 Å². The molecule has 1 aromatic carbocycles. The molecule has 1 amide bonds. The van der Waals surface area contributed by atoms with Crippen LogP contribution >= 0.6 is 0 Å². The summed E-state index contributed by atoms with van der Waals surface area (Å²) < 4.78 is 13.2. The SMILES string of the molecule is CCCCC(=O)N(CCC(=O)O)c1cccc(F)c1. The standard InChI is InChI=1S/C14H18FNO3/c1-2-3-7-13(17)16(9-8-14(18)19)12-6-4-5-11(15)10-12/h4-6,10H,2-3,7-9H2,1H3,(H,18,19). The van der Waals surface area contributed by atoms with Crippen LogP contribution in [0, 0.1) is 5.82 Å². The summed E-state index contributed by atoms with van der Waals surface area (Å²) in [7, 11) is 0. The molecule has 5 heteroatoms. The molecule has 1 rings (SSSR count). The molecule has 0 aliphatic rings. The average molecular weight is 267 g/mol. The van der Waals surface area contributed by atoms with Gasteiger partial charge in [0.25, 0.3) is 0 Å². The minimum absolute atomic E-state index is 0.0569. The summed E-state index contributed by atoms with van der Waals surface area (Å²) in [6, 6.07) is 5.64. The first kappa shape index (κ1) is 15.1. The molecular formula is C14H18FNO3. The maximum Gasteiger partial charge on any atom is 0.305 e. The highest BCUT2D eigenvalue weighted by atomic mass is 19.1. The van der Waals surface area contributed by atoms with E-state index in [-0.39, 0.29) is 18.9 Å². The zero-order valence-electron chi connectivity index (χ0n) is 10.9. The van der Waals surface area contributed by atoms with Gasteiger partial charge in [-0.25, -0.2) is 4.39 Å². The molecule has 0 fully saturated rings. The second-order valence-corrected chi connectivity index (χ2v) is 4.27. The Bertz CT molecular complexity index is 448. The van der Waals surface area contributed by atoms with E-state index in [1.807, 2.05) is 6.92 Å². The lowest BCUT2D eigenvalue weighted by molar-refractivity contribution is -0.136. The molecule has 0 aromatic heterocycles. The van der Waals surface area contributed by atoms with Crippen LogP contribution in [0.1, 0.15) is 32.6 Å². The number of aliphatic carboxylic acids is 1. The number of carbonyl (C=O) groups excluding carboxylic acids is 1. The van der Waals surface area contributed by atoms with E-state index in [2.05, 4.69) is 0 Å². The molecular weight excluding hydrogens is 249 g/mol. The van der Waals surface area contributed by atoms with E-state index in [9.17, 15) is 14.0 Å². The van der Waals surface area contributed by atoms with Crippen molar-refractivity contribution in [2.45, 2.75) is 32.6 Å². The highest BCUT2D eigenvalue weighted by Crippen LogP contribution is 2.17. The fourth-order valence-corrected chi connectivity index (χ4v) is 1.71. The van der Waals surface area contributed by atoms with Gasteiger partial charge in [0.05, 0.1) is 6.42 Å². The molecule has 0 bridgehead atoms. The van der Waals surface area contributed by atoms with E-state index in [4.69, 9.17) is 5.11 Å². The van der Waals surface area contributed by atoms with Crippen LogP contribution in [-0.2, 0) is 9.59 Å². The third kappa shape index (κ3) is 5.07. The maximum atomic E-state index is 13.2. The molecule has 0 heterocycles. The lowest BCUT2D eigenvalue weighted by Crippen LogP contribution is -2.32. The maximum absolute atomic E-state index is 13.2. The molecule has 0 saturated heterocycles. The van der Waals surface area contributed by atoms with Crippen LogP contribution in [0.3, 0.4) is 0 Å². The smallest absolute Gasteiger partial charge is 0.305 e. The molecule has 0 radical (unpaired) electrons. The Morgan fingerprint density at radius 3 is 2.63 bits per heavy atom. The molecule has 0 atom stereocenters. The lowest BCUT2D eigenvalue weighted by Gasteiger charge is -2.22. The first-order valence-electron chi connectivity index (χ1n) is 6.32. The van der Waals surface area contributed by atoms with Crippen molar-refractivity contribution in [1.29, 1.82) is 0 Å². The number of carbonyl (C=O) groups is 2. The van der Waals surface area contributed by atoms with E-state index in [0.29, 0.717) is 12.1 Å². The van der Waals surface area contributed by atoms with Gasteiger partial charge < -0.3 is 10.0 Å². The number of benzene rings is 1. The largest absolute Gasteiger partial charge is 0.481 e. The fraction of sp³-hybridized carbons (Fsp3) is 0.429. The molecule has 1 aromatic rings. The molecule has 0 aliphatic heterocycles. The van der Waals surface area contributed by atoms with Crippen LogP contribution in [0.25, 0.3) is 0 Å². The third-order valence-electron chi connectivity index (χ3n) is 2.71. The molecule has 104 valence electrons. The van der Waals surface area contributed by atoms with Crippen LogP contribution in [0.15, 0.2) is 24.3 Å². The third-order valence-corrected chi connectivity index (χ3v) is 2.71. The van der Waals surface area contributed by atoms with Gasteiger partial charge in [0, 0.05) is 18.7 Å². The number of carboxylic acids is 1. The quantitative estimate of drug-likeness (QED) is 0.826. The van der Waals surface area contributed by atoms with Crippen molar-refractivity contribution in [3.05, 3.63) is 30.1 Å². The van der Waals surface area contributed by atoms with E-state index in [0.717, 1.165) is 12.8 Å². The van der Waals surface area contributed by atoms with Gasteiger partial charge in [0.15, 0.2) is 0 Å². The second kappa shape index (κ2) is 7.51. The van der Waals surface area contributed by atoms with Crippen molar-refractivity contribution in [1.82, 2.24) is 0 Å². The van der Waals surface area contributed by atoms with E-state index >= 15 is 0 Å². The van der Waals surface area contributed by atoms with Gasteiger partial charge in [0.1, 0.15) is 5.82 Å². The number of unbranched alkanes of at least 4 members (excludes halogenated alkanes) is 1. The molecule has 0 unspecified atom stereocenters. The molecule has 1 N–H and O–H groups in total. The van der Waals surface area contributed by atoms with Gasteiger partial charge in [0.2, 0.25) is 5.91 Å². The summed E-state index contributed by atoms with van der Waals surface area (Å²) >= 11 is 0. The highest BCUT2D eigenvalue weighted by Gasteiger charge is 2.16. The van der Waals surface area contributed by atoms with Crippen LogP contribution in [0.2, 0.25) is 0 Å².